The molecule has 0 saturated heterocycles. The minimum absolute atomic E-state index is 0.0628. The standard InChI is InChI=1S/C30H60O2/c1-7-11-13-15-17-18-19-21-23-26-28(25-22-20-16-14-12-8-2)32-29(31)30(6,10-4)27(5)24-9-3/h27-28H,7-26H2,1-6H3. The van der Waals surface area contributed by atoms with Crippen LogP contribution in [-0.4, -0.2) is 12.1 Å². The van der Waals surface area contributed by atoms with Crippen LogP contribution in [0.5, 0.6) is 0 Å². The third-order valence-corrected chi connectivity index (χ3v) is 7.79. The highest BCUT2D eigenvalue weighted by Gasteiger charge is 2.39. The smallest absolute Gasteiger partial charge is 0.312 e. The van der Waals surface area contributed by atoms with Crippen LogP contribution < -0.4 is 0 Å². The van der Waals surface area contributed by atoms with Crippen molar-refractivity contribution in [2.45, 2.75) is 176 Å². The second-order valence-electron chi connectivity index (χ2n) is 10.7. The zero-order valence-electron chi connectivity index (χ0n) is 23.1. The molecule has 2 nitrogen and oxygen atoms in total. The number of carbonyl (C=O) groups is 1. The zero-order valence-corrected chi connectivity index (χ0v) is 23.1. The summed E-state index contributed by atoms with van der Waals surface area (Å²) in [6.45, 7) is 13.3. The Kier molecular flexibility index (Phi) is 20.7. The maximum atomic E-state index is 13.2. The summed E-state index contributed by atoms with van der Waals surface area (Å²) < 4.78 is 6.23. The first-order valence-electron chi connectivity index (χ1n) is 14.7. The van der Waals surface area contributed by atoms with Gasteiger partial charge in [0.25, 0.3) is 0 Å². The number of hydrogen-bond acceptors (Lipinski definition) is 2. The Hall–Kier alpha value is -0.530. The highest BCUT2D eigenvalue weighted by Crippen LogP contribution is 2.36. The van der Waals surface area contributed by atoms with Gasteiger partial charge in [-0.2, -0.15) is 0 Å². The molecule has 0 fully saturated rings. The van der Waals surface area contributed by atoms with Gasteiger partial charge in [-0.05, 0) is 51.4 Å². The molecular formula is C30H60O2. The minimum Gasteiger partial charge on any atom is -0.462 e. The lowest BCUT2D eigenvalue weighted by Gasteiger charge is -2.34. The van der Waals surface area contributed by atoms with Crippen LogP contribution in [0.25, 0.3) is 0 Å². The predicted octanol–water partition coefficient (Wildman–Crippen LogP) is 10.4. The molecule has 0 aromatic rings. The predicted molar refractivity (Wildman–Crippen MR) is 142 cm³/mol. The fourth-order valence-corrected chi connectivity index (χ4v) is 4.83. The molecule has 0 bridgehead atoms. The lowest BCUT2D eigenvalue weighted by Crippen LogP contribution is -2.38. The highest BCUT2D eigenvalue weighted by atomic mass is 16.5. The van der Waals surface area contributed by atoms with Crippen LogP contribution in [0, 0.1) is 11.3 Å². The highest BCUT2D eigenvalue weighted by molar-refractivity contribution is 5.76. The molecule has 2 heteroatoms. The molecule has 0 amide bonds. The first-order chi connectivity index (χ1) is 15.5. The van der Waals surface area contributed by atoms with Crippen LogP contribution in [0.15, 0.2) is 0 Å². The number of unbranched alkanes of at least 4 members (excludes halogenated alkanes) is 13. The van der Waals surface area contributed by atoms with Crippen molar-refractivity contribution in [2.75, 3.05) is 0 Å². The molecule has 192 valence electrons. The van der Waals surface area contributed by atoms with Crippen LogP contribution in [0.1, 0.15) is 170 Å². The number of rotatable bonds is 23. The molecule has 0 aliphatic heterocycles. The fraction of sp³-hybridized carbons (Fsp3) is 0.967. The number of esters is 1. The van der Waals surface area contributed by atoms with Gasteiger partial charge in [0.1, 0.15) is 6.10 Å². The van der Waals surface area contributed by atoms with E-state index in [1.807, 2.05) is 0 Å². The topological polar surface area (TPSA) is 26.3 Å². The Labute approximate surface area is 203 Å². The summed E-state index contributed by atoms with van der Waals surface area (Å²) in [5.74, 6) is 0.445. The van der Waals surface area contributed by atoms with E-state index in [4.69, 9.17) is 4.74 Å². The Morgan fingerprint density at radius 1 is 0.625 bits per heavy atom. The molecule has 0 aliphatic carbocycles. The Bertz CT molecular complexity index is 419. The van der Waals surface area contributed by atoms with Crippen LogP contribution in [-0.2, 0) is 9.53 Å². The molecule has 0 spiro atoms. The number of carbonyl (C=O) groups excluding carboxylic acids is 1. The van der Waals surface area contributed by atoms with E-state index in [-0.39, 0.29) is 17.5 Å². The van der Waals surface area contributed by atoms with Gasteiger partial charge in [-0.25, -0.2) is 0 Å². The minimum atomic E-state index is -0.339. The lowest BCUT2D eigenvalue weighted by atomic mass is 9.74. The van der Waals surface area contributed by atoms with Crippen molar-refractivity contribution >= 4 is 5.97 Å². The molecule has 0 aromatic heterocycles. The lowest BCUT2D eigenvalue weighted by molar-refractivity contribution is -0.165. The first kappa shape index (κ1) is 31.5. The van der Waals surface area contributed by atoms with E-state index in [1.54, 1.807) is 0 Å². The van der Waals surface area contributed by atoms with E-state index < -0.39 is 0 Å². The molecule has 0 saturated carbocycles. The quantitative estimate of drug-likeness (QED) is 0.114. The van der Waals surface area contributed by atoms with Crippen molar-refractivity contribution in [3.63, 3.8) is 0 Å². The SMILES string of the molecule is CCCCCCCCCCCC(CCCCCCCC)OC(=O)C(C)(CC)C(C)CCC. The van der Waals surface area contributed by atoms with Crippen molar-refractivity contribution in [2.24, 2.45) is 11.3 Å². The average molecular weight is 453 g/mol. The van der Waals surface area contributed by atoms with Crippen LogP contribution in [0.4, 0.5) is 0 Å². The molecule has 0 rings (SSSR count). The van der Waals surface area contributed by atoms with Gasteiger partial charge in [-0.1, -0.05) is 125 Å². The molecule has 0 aliphatic rings. The van der Waals surface area contributed by atoms with Crippen molar-refractivity contribution in [1.29, 1.82) is 0 Å². The second kappa shape index (κ2) is 21.0. The monoisotopic (exact) mass is 452 g/mol. The molecular weight excluding hydrogens is 392 g/mol. The normalized spacial score (nSPS) is 15.3. The summed E-state index contributed by atoms with van der Waals surface area (Å²) in [5, 5.41) is 0. The van der Waals surface area contributed by atoms with E-state index >= 15 is 0 Å². The van der Waals surface area contributed by atoms with Gasteiger partial charge >= 0.3 is 5.97 Å². The van der Waals surface area contributed by atoms with E-state index in [9.17, 15) is 4.79 Å². The molecule has 3 unspecified atom stereocenters. The molecule has 0 heterocycles. The van der Waals surface area contributed by atoms with E-state index in [2.05, 4.69) is 41.5 Å². The third-order valence-electron chi connectivity index (χ3n) is 7.79. The summed E-state index contributed by atoms with van der Waals surface area (Å²) in [6, 6.07) is 0. The number of ether oxygens (including phenoxy) is 1. The Morgan fingerprint density at radius 3 is 1.41 bits per heavy atom. The molecule has 3 atom stereocenters. The van der Waals surface area contributed by atoms with Crippen LogP contribution in [0.2, 0.25) is 0 Å². The summed E-state index contributed by atoms with van der Waals surface area (Å²) in [4.78, 5) is 13.2. The van der Waals surface area contributed by atoms with Crippen LogP contribution >= 0.6 is 0 Å². The van der Waals surface area contributed by atoms with E-state index in [0.717, 1.165) is 32.1 Å². The second-order valence-corrected chi connectivity index (χ2v) is 10.7. The molecule has 0 radical (unpaired) electrons. The van der Waals surface area contributed by atoms with Gasteiger partial charge in [0.15, 0.2) is 0 Å². The summed E-state index contributed by atoms with van der Waals surface area (Å²) in [5.41, 5.74) is -0.339. The van der Waals surface area contributed by atoms with Gasteiger partial charge in [0, 0.05) is 0 Å². The molecule has 0 aromatic carbocycles. The van der Waals surface area contributed by atoms with E-state index in [0.29, 0.717) is 5.92 Å². The maximum absolute atomic E-state index is 13.2. The Balaban J connectivity index is 4.53. The van der Waals surface area contributed by atoms with Crippen molar-refractivity contribution in [1.82, 2.24) is 0 Å². The fourth-order valence-electron chi connectivity index (χ4n) is 4.83. The summed E-state index contributed by atoms with van der Waals surface area (Å²) >= 11 is 0. The van der Waals surface area contributed by atoms with Gasteiger partial charge in [0.2, 0.25) is 0 Å². The zero-order chi connectivity index (χ0) is 24.1. The first-order valence-corrected chi connectivity index (χ1v) is 14.7. The van der Waals surface area contributed by atoms with Crippen molar-refractivity contribution in [3.05, 3.63) is 0 Å². The third kappa shape index (κ3) is 14.6. The van der Waals surface area contributed by atoms with Gasteiger partial charge in [-0.3, -0.25) is 4.79 Å². The summed E-state index contributed by atoms with van der Waals surface area (Å²) in [7, 11) is 0. The van der Waals surface area contributed by atoms with Crippen molar-refractivity contribution < 1.29 is 9.53 Å². The maximum Gasteiger partial charge on any atom is 0.312 e. The molecule has 32 heavy (non-hydrogen) atoms. The van der Waals surface area contributed by atoms with Gasteiger partial charge < -0.3 is 4.74 Å². The summed E-state index contributed by atoms with van der Waals surface area (Å²) in [6.07, 6.45) is 25.2. The largest absolute Gasteiger partial charge is 0.462 e. The van der Waals surface area contributed by atoms with E-state index in [1.165, 1.54) is 96.3 Å². The van der Waals surface area contributed by atoms with Crippen molar-refractivity contribution in [3.8, 4) is 0 Å². The average Bonchev–Trinajstić information content (AvgIpc) is 2.79. The van der Waals surface area contributed by atoms with Gasteiger partial charge in [-0.15, -0.1) is 0 Å². The number of hydrogen-bond donors (Lipinski definition) is 0. The Morgan fingerprint density at radius 2 is 1.03 bits per heavy atom. The van der Waals surface area contributed by atoms with Gasteiger partial charge in [0.05, 0.1) is 5.41 Å². The van der Waals surface area contributed by atoms with Crippen LogP contribution in [0.3, 0.4) is 0 Å². The molecule has 0 N–H and O–H groups in total.